The van der Waals surface area contributed by atoms with E-state index in [0.717, 1.165) is 11.1 Å². The fourth-order valence-corrected chi connectivity index (χ4v) is 3.13. The lowest BCUT2D eigenvalue weighted by Crippen LogP contribution is -2.18. The monoisotopic (exact) mass is 422 g/mol. The van der Waals surface area contributed by atoms with Gasteiger partial charge in [-0.1, -0.05) is 66.2 Å². The molecule has 0 unspecified atom stereocenters. The minimum atomic E-state index is -0.417. The van der Waals surface area contributed by atoms with E-state index in [2.05, 4.69) is 41.8 Å². The minimum Gasteiger partial charge on any atom is -0.459 e. The molecule has 1 aromatic heterocycles. The second-order valence-corrected chi connectivity index (χ2v) is 7.30. The van der Waals surface area contributed by atoms with Crippen molar-refractivity contribution in [2.45, 2.75) is 6.92 Å². The Bertz CT molecular complexity index is 1240. The van der Waals surface area contributed by atoms with Crippen LogP contribution in [0, 0.1) is 6.92 Å². The predicted molar refractivity (Wildman–Crippen MR) is 128 cm³/mol. The van der Waals surface area contributed by atoms with Gasteiger partial charge in [-0.3, -0.25) is 9.59 Å². The average molecular weight is 422 g/mol. The van der Waals surface area contributed by atoms with Gasteiger partial charge in [-0.25, -0.2) is 0 Å². The Morgan fingerprint density at radius 2 is 1.38 bits per heavy atom. The number of amides is 2. The van der Waals surface area contributed by atoms with Gasteiger partial charge in [0.15, 0.2) is 5.76 Å². The summed E-state index contributed by atoms with van der Waals surface area (Å²) in [7, 11) is 0. The Morgan fingerprint density at radius 3 is 2.03 bits per heavy atom. The highest BCUT2D eigenvalue weighted by atomic mass is 16.3. The van der Waals surface area contributed by atoms with Crippen molar-refractivity contribution in [1.82, 2.24) is 0 Å². The van der Waals surface area contributed by atoms with Crippen molar-refractivity contribution in [3.05, 3.63) is 119 Å². The molecule has 4 aromatic rings. The molecule has 0 fully saturated rings. The summed E-state index contributed by atoms with van der Waals surface area (Å²) in [6.07, 6.45) is 5.49. The van der Waals surface area contributed by atoms with Crippen LogP contribution in [0.4, 0.5) is 11.4 Å². The molecule has 5 heteroatoms. The second kappa shape index (κ2) is 9.62. The Hall–Kier alpha value is -4.38. The molecule has 4 rings (SSSR count). The van der Waals surface area contributed by atoms with Crippen LogP contribution in [0.5, 0.6) is 0 Å². The number of carbonyl (C=O) groups is 2. The molecule has 5 nitrogen and oxygen atoms in total. The predicted octanol–water partition coefficient (Wildman–Crippen LogP) is 6.26. The van der Waals surface area contributed by atoms with Gasteiger partial charge in [-0.05, 0) is 54.4 Å². The highest BCUT2D eigenvalue weighted by Crippen LogP contribution is 2.19. The number of para-hydroxylation sites is 1. The maximum Gasteiger partial charge on any atom is 0.291 e. The molecule has 0 aliphatic heterocycles. The first-order valence-electron chi connectivity index (χ1n) is 10.2. The zero-order valence-electron chi connectivity index (χ0n) is 17.5. The van der Waals surface area contributed by atoms with Crippen molar-refractivity contribution in [2.75, 3.05) is 10.6 Å². The lowest BCUT2D eigenvalue weighted by molar-refractivity contribution is 0.0996. The van der Waals surface area contributed by atoms with Gasteiger partial charge in [0.2, 0.25) is 0 Å². The van der Waals surface area contributed by atoms with Crippen LogP contribution in [0.3, 0.4) is 0 Å². The van der Waals surface area contributed by atoms with Crippen molar-refractivity contribution >= 4 is 35.3 Å². The van der Waals surface area contributed by atoms with E-state index in [1.807, 2.05) is 36.4 Å². The van der Waals surface area contributed by atoms with Gasteiger partial charge in [-0.2, -0.15) is 0 Å². The Balaban J connectivity index is 1.43. The molecule has 158 valence electrons. The SMILES string of the molecule is Cc1ccc(/C=C/c2ccc(NC(=O)c3ccccc3NC(=O)c3ccco3)cc2)cc1. The average Bonchev–Trinajstić information content (AvgIpc) is 3.35. The van der Waals surface area contributed by atoms with Crippen LogP contribution in [0.2, 0.25) is 0 Å². The molecule has 0 atom stereocenters. The third-order valence-corrected chi connectivity index (χ3v) is 4.88. The zero-order chi connectivity index (χ0) is 22.3. The normalized spacial score (nSPS) is 10.8. The Labute approximate surface area is 186 Å². The molecular weight excluding hydrogens is 400 g/mol. The van der Waals surface area contributed by atoms with Crippen molar-refractivity contribution in [3.63, 3.8) is 0 Å². The number of hydrogen-bond donors (Lipinski definition) is 2. The van der Waals surface area contributed by atoms with Gasteiger partial charge in [0.25, 0.3) is 11.8 Å². The van der Waals surface area contributed by atoms with Crippen molar-refractivity contribution in [3.8, 4) is 0 Å². The van der Waals surface area contributed by atoms with Crippen LogP contribution >= 0.6 is 0 Å². The highest BCUT2D eigenvalue weighted by molar-refractivity contribution is 6.12. The summed E-state index contributed by atoms with van der Waals surface area (Å²) in [4.78, 5) is 25.1. The Kier molecular flexibility index (Phi) is 6.28. The quantitative estimate of drug-likeness (QED) is 0.360. The van der Waals surface area contributed by atoms with E-state index in [1.54, 1.807) is 36.4 Å². The van der Waals surface area contributed by atoms with Crippen molar-refractivity contribution in [1.29, 1.82) is 0 Å². The van der Waals surface area contributed by atoms with Crippen LogP contribution in [-0.2, 0) is 0 Å². The van der Waals surface area contributed by atoms with Crippen LogP contribution in [0.15, 0.2) is 95.6 Å². The number of benzene rings is 3. The van der Waals surface area contributed by atoms with Crippen molar-refractivity contribution < 1.29 is 14.0 Å². The molecule has 2 N–H and O–H groups in total. The molecule has 0 aliphatic carbocycles. The van der Waals surface area contributed by atoms with Gasteiger partial charge in [0.05, 0.1) is 17.5 Å². The molecule has 0 saturated heterocycles. The lowest BCUT2D eigenvalue weighted by atomic mass is 10.1. The second-order valence-electron chi connectivity index (χ2n) is 7.30. The van der Waals surface area contributed by atoms with E-state index in [0.29, 0.717) is 16.9 Å². The van der Waals surface area contributed by atoms with E-state index in [-0.39, 0.29) is 11.7 Å². The van der Waals surface area contributed by atoms with Crippen LogP contribution in [0.1, 0.15) is 37.6 Å². The number of hydrogen-bond acceptors (Lipinski definition) is 3. The van der Waals surface area contributed by atoms with Gasteiger partial charge in [0.1, 0.15) is 0 Å². The maximum atomic E-state index is 12.8. The Morgan fingerprint density at radius 1 is 0.719 bits per heavy atom. The number of aryl methyl sites for hydroxylation is 1. The number of anilines is 2. The molecule has 0 aliphatic rings. The minimum absolute atomic E-state index is 0.175. The summed E-state index contributed by atoms with van der Waals surface area (Å²) in [5, 5.41) is 5.60. The standard InChI is InChI=1S/C27H22N2O3/c1-19-8-10-20(11-9-19)12-13-21-14-16-22(17-15-21)28-26(30)23-5-2-3-6-24(23)29-27(31)25-7-4-18-32-25/h2-18H,1H3,(H,28,30)(H,29,31)/b13-12+. The van der Waals surface area contributed by atoms with Gasteiger partial charge >= 0.3 is 0 Å². The first-order valence-corrected chi connectivity index (χ1v) is 10.2. The van der Waals surface area contributed by atoms with Crippen LogP contribution in [-0.4, -0.2) is 11.8 Å². The van der Waals surface area contributed by atoms with Gasteiger partial charge < -0.3 is 15.1 Å². The molecule has 2 amide bonds. The lowest BCUT2D eigenvalue weighted by Gasteiger charge is -2.11. The summed E-state index contributed by atoms with van der Waals surface area (Å²) < 4.78 is 5.11. The maximum absolute atomic E-state index is 12.8. The van der Waals surface area contributed by atoms with Crippen LogP contribution in [0.25, 0.3) is 12.2 Å². The van der Waals surface area contributed by atoms with E-state index in [9.17, 15) is 9.59 Å². The molecule has 0 saturated carbocycles. The molecule has 32 heavy (non-hydrogen) atoms. The number of furan rings is 1. The van der Waals surface area contributed by atoms with Crippen LogP contribution < -0.4 is 10.6 Å². The summed E-state index contributed by atoms with van der Waals surface area (Å²) in [5.74, 6) is -0.558. The first kappa shape index (κ1) is 20.9. The largest absolute Gasteiger partial charge is 0.459 e. The third-order valence-electron chi connectivity index (χ3n) is 4.88. The highest BCUT2D eigenvalue weighted by Gasteiger charge is 2.15. The summed E-state index contributed by atoms with van der Waals surface area (Å²) in [6.45, 7) is 2.06. The number of carbonyl (C=O) groups excluding carboxylic acids is 2. The van der Waals surface area contributed by atoms with E-state index in [4.69, 9.17) is 4.42 Å². The number of nitrogens with one attached hydrogen (secondary N) is 2. The molecular formula is C27H22N2O3. The third kappa shape index (κ3) is 5.21. The molecule has 3 aromatic carbocycles. The van der Waals surface area contributed by atoms with E-state index >= 15 is 0 Å². The van der Waals surface area contributed by atoms with E-state index < -0.39 is 5.91 Å². The topological polar surface area (TPSA) is 71.3 Å². The molecule has 0 spiro atoms. The smallest absolute Gasteiger partial charge is 0.291 e. The van der Waals surface area contributed by atoms with E-state index in [1.165, 1.54) is 11.8 Å². The molecule has 0 bridgehead atoms. The summed E-state index contributed by atoms with van der Waals surface area (Å²) in [5.41, 5.74) is 4.80. The van der Waals surface area contributed by atoms with Gasteiger partial charge in [-0.15, -0.1) is 0 Å². The molecule has 1 heterocycles. The van der Waals surface area contributed by atoms with Gasteiger partial charge in [0, 0.05) is 5.69 Å². The summed E-state index contributed by atoms with van der Waals surface area (Å²) >= 11 is 0. The molecule has 0 radical (unpaired) electrons. The fourth-order valence-electron chi connectivity index (χ4n) is 3.13. The fraction of sp³-hybridized carbons (Fsp3) is 0.0370. The summed E-state index contributed by atoms with van der Waals surface area (Å²) in [6, 6.07) is 25.9. The zero-order valence-corrected chi connectivity index (χ0v) is 17.5. The first-order chi connectivity index (χ1) is 15.6. The van der Waals surface area contributed by atoms with Crippen molar-refractivity contribution in [2.24, 2.45) is 0 Å². The number of rotatable bonds is 6.